The van der Waals surface area contributed by atoms with Gasteiger partial charge in [0.2, 0.25) is 5.91 Å². The monoisotopic (exact) mass is 649 g/mol. The van der Waals surface area contributed by atoms with E-state index in [0.29, 0.717) is 45.2 Å². The Morgan fingerprint density at radius 3 is 1.37 bits per heavy atom. The minimum absolute atomic E-state index is 0.150. The number of hydrogen-bond donors (Lipinski definition) is 0. The zero-order chi connectivity index (χ0) is 33.1. The fourth-order valence-electron chi connectivity index (χ4n) is 6.93. The number of esters is 2. The Morgan fingerprint density at radius 1 is 0.522 bits per heavy atom. The lowest BCUT2D eigenvalue weighted by Crippen LogP contribution is -2.48. The maximum absolute atomic E-state index is 13.0. The molecule has 0 aliphatic carbocycles. The molecular formula is C39H72N2O5. The molecule has 1 amide bonds. The van der Waals surface area contributed by atoms with Crippen molar-refractivity contribution in [2.45, 2.75) is 181 Å². The minimum Gasteiger partial charge on any atom is -0.465 e. The van der Waals surface area contributed by atoms with Crippen molar-refractivity contribution in [3.63, 3.8) is 0 Å². The van der Waals surface area contributed by atoms with Crippen molar-refractivity contribution < 1.29 is 23.9 Å². The highest BCUT2D eigenvalue weighted by Gasteiger charge is 2.38. The maximum Gasteiger partial charge on any atom is 0.305 e. The molecule has 0 unspecified atom stereocenters. The van der Waals surface area contributed by atoms with E-state index in [2.05, 4.69) is 18.7 Å². The van der Waals surface area contributed by atoms with Crippen LogP contribution in [-0.2, 0) is 23.9 Å². The van der Waals surface area contributed by atoms with Crippen LogP contribution in [0.1, 0.15) is 181 Å². The number of rotatable bonds is 27. The van der Waals surface area contributed by atoms with Crippen LogP contribution in [-0.4, -0.2) is 73.6 Å². The highest BCUT2D eigenvalue weighted by molar-refractivity contribution is 5.76. The van der Waals surface area contributed by atoms with Gasteiger partial charge in [0.1, 0.15) is 13.2 Å². The summed E-state index contributed by atoms with van der Waals surface area (Å²) >= 11 is 0. The van der Waals surface area contributed by atoms with Crippen molar-refractivity contribution in [2.75, 3.05) is 45.9 Å². The van der Waals surface area contributed by atoms with E-state index >= 15 is 0 Å². The standard InChI is InChI=1S/C39H72N2O5/c1-3-5-7-9-11-13-15-17-20-24-37(43)45-34-39(35-46-38(44)25-21-18-16-14-12-10-8-6-4-2)27-32-41(33-28-39)36(42)26-31-40-29-22-19-23-30-40/h3-35H2,1-2H3. The largest absolute Gasteiger partial charge is 0.465 e. The predicted octanol–water partition coefficient (Wildman–Crippen LogP) is 9.40. The Bertz CT molecular complexity index is 749. The van der Waals surface area contributed by atoms with Gasteiger partial charge in [0.15, 0.2) is 0 Å². The lowest BCUT2D eigenvalue weighted by atomic mass is 9.79. The molecule has 0 aromatic rings. The molecule has 0 aromatic heterocycles. The lowest BCUT2D eigenvalue weighted by Gasteiger charge is -2.41. The predicted molar refractivity (Wildman–Crippen MR) is 189 cm³/mol. The summed E-state index contributed by atoms with van der Waals surface area (Å²) in [6.45, 7) is 9.33. The molecule has 7 heteroatoms. The Labute approximate surface area is 283 Å². The summed E-state index contributed by atoms with van der Waals surface area (Å²) < 4.78 is 11.7. The van der Waals surface area contributed by atoms with Crippen LogP contribution in [0.2, 0.25) is 0 Å². The molecule has 0 aromatic carbocycles. The topological polar surface area (TPSA) is 76.1 Å². The molecule has 268 valence electrons. The van der Waals surface area contributed by atoms with E-state index in [-0.39, 0.29) is 31.1 Å². The van der Waals surface area contributed by atoms with Crippen molar-refractivity contribution in [3.05, 3.63) is 0 Å². The van der Waals surface area contributed by atoms with E-state index in [1.165, 1.54) is 109 Å². The van der Waals surface area contributed by atoms with Gasteiger partial charge in [0.25, 0.3) is 0 Å². The number of likely N-dealkylation sites (tertiary alicyclic amines) is 2. The smallest absolute Gasteiger partial charge is 0.305 e. The van der Waals surface area contributed by atoms with Gasteiger partial charge < -0.3 is 19.3 Å². The first kappa shape index (κ1) is 40.5. The van der Waals surface area contributed by atoms with Gasteiger partial charge >= 0.3 is 11.9 Å². The number of nitrogens with zero attached hydrogens (tertiary/aromatic N) is 2. The Hall–Kier alpha value is -1.63. The molecule has 0 atom stereocenters. The highest BCUT2D eigenvalue weighted by atomic mass is 16.5. The Balaban J connectivity index is 1.73. The normalized spacial score (nSPS) is 16.8. The van der Waals surface area contributed by atoms with Gasteiger partial charge in [-0.25, -0.2) is 0 Å². The van der Waals surface area contributed by atoms with Gasteiger partial charge in [-0.15, -0.1) is 0 Å². The second-order valence-electron chi connectivity index (χ2n) is 14.5. The number of ether oxygens (including phenoxy) is 2. The molecule has 0 bridgehead atoms. The van der Waals surface area contributed by atoms with Gasteiger partial charge in [0, 0.05) is 44.3 Å². The molecule has 2 aliphatic heterocycles. The van der Waals surface area contributed by atoms with Crippen LogP contribution >= 0.6 is 0 Å². The summed E-state index contributed by atoms with van der Waals surface area (Å²) in [4.78, 5) is 42.8. The van der Waals surface area contributed by atoms with Crippen molar-refractivity contribution in [3.8, 4) is 0 Å². The van der Waals surface area contributed by atoms with Crippen molar-refractivity contribution >= 4 is 17.8 Å². The number of unbranched alkanes of at least 4 members (excludes halogenated alkanes) is 16. The summed E-state index contributed by atoms with van der Waals surface area (Å²) in [5, 5.41) is 0. The zero-order valence-electron chi connectivity index (χ0n) is 30.3. The van der Waals surface area contributed by atoms with Gasteiger partial charge in [-0.05, 0) is 51.6 Å². The first-order chi connectivity index (χ1) is 22.5. The van der Waals surface area contributed by atoms with Gasteiger partial charge in [-0.1, -0.05) is 123 Å². The SMILES string of the molecule is CCCCCCCCCCCC(=O)OCC1(COC(=O)CCCCCCCCCCC)CCN(C(=O)CCN2CCCCC2)CC1. The molecular weight excluding hydrogens is 576 g/mol. The number of carbonyl (C=O) groups excluding carboxylic acids is 3. The molecule has 2 fully saturated rings. The molecule has 2 rings (SSSR count). The van der Waals surface area contributed by atoms with E-state index in [1.54, 1.807) is 0 Å². The first-order valence-corrected chi connectivity index (χ1v) is 19.8. The molecule has 2 saturated heterocycles. The Morgan fingerprint density at radius 2 is 0.935 bits per heavy atom. The molecule has 2 heterocycles. The first-order valence-electron chi connectivity index (χ1n) is 19.8. The molecule has 0 spiro atoms. The quantitative estimate of drug-likeness (QED) is 0.0653. The van der Waals surface area contributed by atoms with Crippen LogP contribution in [0.4, 0.5) is 0 Å². The third kappa shape index (κ3) is 19.3. The van der Waals surface area contributed by atoms with Crippen LogP contribution in [0, 0.1) is 5.41 Å². The summed E-state index contributed by atoms with van der Waals surface area (Å²) in [6.07, 6.45) is 28.5. The van der Waals surface area contributed by atoms with E-state index in [0.717, 1.165) is 45.3 Å². The molecule has 0 radical (unpaired) electrons. The fourth-order valence-corrected chi connectivity index (χ4v) is 6.93. The molecule has 0 N–H and O–H groups in total. The average Bonchev–Trinajstić information content (AvgIpc) is 3.08. The van der Waals surface area contributed by atoms with Gasteiger partial charge in [0.05, 0.1) is 0 Å². The Kier molecular flexibility index (Phi) is 23.2. The third-order valence-corrected chi connectivity index (χ3v) is 10.3. The second kappa shape index (κ2) is 26.3. The highest BCUT2D eigenvalue weighted by Crippen LogP contribution is 2.33. The lowest BCUT2D eigenvalue weighted by molar-refractivity contribution is -0.158. The van der Waals surface area contributed by atoms with E-state index in [1.807, 2.05) is 4.90 Å². The van der Waals surface area contributed by atoms with Gasteiger partial charge in [-0.2, -0.15) is 0 Å². The van der Waals surface area contributed by atoms with Crippen LogP contribution < -0.4 is 0 Å². The van der Waals surface area contributed by atoms with Crippen molar-refractivity contribution in [2.24, 2.45) is 5.41 Å². The summed E-state index contributed by atoms with van der Waals surface area (Å²) in [5.41, 5.74) is -0.411. The van der Waals surface area contributed by atoms with E-state index in [4.69, 9.17) is 9.47 Å². The van der Waals surface area contributed by atoms with E-state index < -0.39 is 5.41 Å². The zero-order valence-corrected chi connectivity index (χ0v) is 30.3. The third-order valence-electron chi connectivity index (χ3n) is 10.3. The van der Waals surface area contributed by atoms with Crippen molar-refractivity contribution in [1.82, 2.24) is 9.80 Å². The van der Waals surface area contributed by atoms with Crippen LogP contribution in [0.5, 0.6) is 0 Å². The summed E-state index contributed by atoms with van der Waals surface area (Å²) in [7, 11) is 0. The number of hydrogen-bond acceptors (Lipinski definition) is 6. The van der Waals surface area contributed by atoms with Crippen LogP contribution in [0.25, 0.3) is 0 Å². The molecule has 2 aliphatic rings. The second-order valence-corrected chi connectivity index (χ2v) is 14.5. The molecule has 46 heavy (non-hydrogen) atoms. The average molecular weight is 649 g/mol. The van der Waals surface area contributed by atoms with Crippen LogP contribution in [0.3, 0.4) is 0 Å². The summed E-state index contributed by atoms with van der Waals surface area (Å²) in [5.74, 6) is -0.0874. The van der Waals surface area contributed by atoms with Crippen LogP contribution in [0.15, 0.2) is 0 Å². The van der Waals surface area contributed by atoms with Crippen molar-refractivity contribution in [1.29, 1.82) is 0 Å². The molecule has 0 saturated carbocycles. The summed E-state index contributed by atoms with van der Waals surface area (Å²) in [6, 6.07) is 0. The van der Waals surface area contributed by atoms with Gasteiger partial charge in [-0.3, -0.25) is 14.4 Å². The fraction of sp³-hybridized carbons (Fsp3) is 0.923. The number of piperidine rings is 2. The minimum atomic E-state index is -0.411. The number of amides is 1. The molecule has 7 nitrogen and oxygen atoms in total. The number of carbonyl (C=O) groups is 3. The van der Waals surface area contributed by atoms with E-state index in [9.17, 15) is 14.4 Å². The maximum atomic E-state index is 13.0.